The molecule has 2 rings (SSSR count). The molecule has 2 N–H and O–H groups in total. The van der Waals surface area contributed by atoms with Crippen LogP contribution in [0.1, 0.15) is 45.1 Å². The number of guanidine groups is 1. The van der Waals surface area contributed by atoms with E-state index in [1.54, 1.807) is 14.2 Å². The predicted molar refractivity (Wildman–Crippen MR) is 98.9 cm³/mol. The van der Waals surface area contributed by atoms with E-state index in [4.69, 9.17) is 14.5 Å². The number of methoxy groups -OCH3 is 2. The zero-order valence-electron chi connectivity index (χ0n) is 15.4. The molecule has 0 bridgehead atoms. The van der Waals surface area contributed by atoms with Crippen LogP contribution in [0.5, 0.6) is 11.5 Å². The Kier molecular flexibility index (Phi) is 7.22. The first-order chi connectivity index (χ1) is 11.7. The minimum absolute atomic E-state index is 0.532. The Morgan fingerprint density at radius 2 is 1.83 bits per heavy atom. The van der Waals surface area contributed by atoms with Crippen molar-refractivity contribution >= 4 is 5.96 Å². The maximum atomic E-state index is 5.36. The number of nitrogens with one attached hydrogen (secondary N) is 2. The molecule has 5 heteroatoms. The third-order valence-corrected chi connectivity index (χ3v) is 4.57. The fourth-order valence-corrected chi connectivity index (χ4v) is 3.07. The van der Waals surface area contributed by atoms with Crippen LogP contribution in [0.25, 0.3) is 0 Å². The van der Waals surface area contributed by atoms with E-state index in [1.165, 1.54) is 25.7 Å². The van der Waals surface area contributed by atoms with Crippen molar-refractivity contribution in [2.75, 3.05) is 20.8 Å². The summed E-state index contributed by atoms with van der Waals surface area (Å²) in [7, 11) is 3.30. The van der Waals surface area contributed by atoms with Crippen molar-refractivity contribution in [1.82, 2.24) is 10.6 Å². The maximum Gasteiger partial charge on any atom is 0.191 e. The van der Waals surface area contributed by atoms with Gasteiger partial charge in [-0.05, 0) is 56.2 Å². The fourth-order valence-electron chi connectivity index (χ4n) is 3.07. The van der Waals surface area contributed by atoms with Crippen molar-refractivity contribution < 1.29 is 9.47 Å². The highest BCUT2D eigenvalue weighted by atomic mass is 16.5. The van der Waals surface area contributed by atoms with Gasteiger partial charge in [0.25, 0.3) is 0 Å². The van der Waals surface area contributed by atoms with E-state index in [0.29, 0.717) is 12.6 Å². The summed E-state index contributed by atoms with van der Waals surface area (Å²) in [6.07, 6.45) is 5.05. The first kappa shape index (κ1) is 18.4. The van der Waals surface area contributed by atoms with Crippen molar-refractivity contribution in [2.45, 2.75) is 52.1 Å². The van der Waals surface area contributed by atoms with Gasteiger partial charge < -0.3 is 20.1 Å². The minimum atomic E-state index is 0.532. The van der Waals surface area contributed by atoms with Gasteiger partial charge in [-0.1, -0.05) is 13.0 Å². The molecule has 5 nitrogen and oxygen atoms in total. The molecule has 0 amide bonds. The lowest BCUT2D eigenvalue weighted by molar-refractivity contribution is 0.329. The van der Waals surface area contributed by atoms with Gasteiger partial charge in [-0.15, -0.1) is 0 Å². The third-order valence-electron chi connectivity index (χ3n) is 4.57. The molecule has 0 spiro atoms. The summed E-state index contributed by atoms with van der Waals surface area (Å²) in [4.78, 5) is 4.73. The Morgan fingerprint density at radius 1 is 1.12 bits per heavy atom. The zero-order valence-corrected chi connectivity index (χ0v) is 15.4. The standard InChI is InChI=1S/C19H31N3O2/c1-5-20-19(22-16-9-6-14(2)7-10-16)21-13-15-8-11-17(23-3)18(12-15)24-4/h8,11-12,14,16H,5-7,9-10,13H2,1-4H3,(H2,20,21,22). The minimum Gasteiger partial charge on any atom is -0.493 e. The number of rotatable bonds is 6. The van der Waals surface area contributed by atoms with Gasteiger partial charge in [0.1, 0.15) is 0 Å². The van der Waals surface area contributed by atoms with Crippen molar-refractivity contribution in [3.63, 3.8) is 0 Å². The lowest BCUT2D eigenvalue weighted by atomic mass is 9.87. The van der Waals surface area contributed by atoms with Crippen LogP contribution in [0.3, 0.4) is 0 Å². The summed E-state index contributed by atoms with van der Waals surface area (Å²) in [5.41, 5.74) is 1.10. The van der Waals surface area contributed by atoms with Gasteiger partial charge in [-0.3, -0.25) is 0 Å². The van der Waals surface area contributed by atoms with Gasteiger partial charge in [0, 0.05) is 12.6 Å². The average molecular weight is 333 g/mol. The topological polar surface area (TPSA) is 54.9 Å². The molecular weight excluding hydrogens is 302 g/mol. The van der Waals surface area contributed by atoms with E-state index in [-0.39, 0.29) is 0 Å². The zero-order chi connectivity index (χ0) is 17.4. The summed E-state index contributed by atoms with van der Waals surface area (Å²) in [5.74, 6) is 3.23. The van der Waals surface area contributed by atoms with Gasteiger partial charge in [-0.25, -0.2) is 4.99 Å². The van der Waals surface area contributed by atoms with E-state index in [2.05, 4.69) is 24.5 Å². The summed E-state index contributed by atoms with van der Waals surface area (Å²) in [6, 6.07) is 6.46. The lowest BCUT2D eigenvalue weighted by Crippen LogP contribution is -2.44. The fraction of sp³-hybridized carbons (Fsp3) is 0.632. The SMILES string of the molecule is CCNC(=NCc1ccc(OC)c(OC)c1)NC1CCC(C)CC1. The number of benzene rings is 1. The van der Waals surface area contributed by atoms with Crippen LogP contribution in [0, 0.1) is 5.92 Å². The van der Waals surface area contributed by atoms with Crippen molar-refractivity contribution in [3.05, 3.63) is 23.8 Å². The molecule has 0 atom stereocenters. The summed E-state index contributed by atoms with van der Waals surface area (Å²) in [5, 5.41) is 6.93. The third kappa shape index (κ3) is 5.32. The average Bonchev–Trinajstić information content (AvgIpc) is 2.61. The highest BCUT2D eigenvalue weighted by molar-refractivity contribution is 5.80. The lowest BCUT2D eigenvalue weighted by Gasteiger charge is -2.28. The molecule has 134 valence electrons. The Balaban J connectivity index is 1.99. The van der Waals surface area contributed by atoms with E-state index in [9.17, 15) is 0 Å². The van der Waals surface area contributed by atoms with Crippen LogP contribution in [0.2, 0.25) is 0 Å². The second-order valence-electron chi connectivity index (χ2n) is 6.49. The summed E-state index contributed by atoms with van der Waals surface area (Å²) >= 11 is 0. The molecule has 1 aliphatic carbocycles. The first-order valence-electron chi connectivity index (χ1n) is 8.92. The predicted octanol–water partition coefficient (Wildman–Crippen LogP) is 3.34. The molecule has 0 heterocycles. The smallest absolute Gasteiger partial charge is 0.191 e. The molecular formula is C19H31N3O2. The highest BCUT2D eigenvalue weighted by Crippen LogP contribution is 2.28. The molecule has 0 aromatic heterocycles. The maximum absolute atomic E-state index is 5.36. The molecule has 1 aliphatic rings. The number of hydrogen-bond acceptors (Lipinski definition) is 3. The Hall–Kier alpha value is -1.91. The largest absolute Gasteiger partial charge is 0.493 e. The Labute approximate surface area is 145 Å². The molecule has 1 aromatic carbocycles. The van der Waals surface area contributed by atoms with Crippen LogP contribution in [0.4, 0.5) is 0 Å². The van der Waals surface area contributed by atoms with Gasteiger partial charge in [-0.2, -0.15) is 0 Å². The van der Waals surface area contributed by atoms with Crippen molar-refractivity contribution in [1.29, 1.82) is 0 Å². The quantitative estimate of drug-likeness (QED) is 0.619. The molecule has 0 aliphatic heterocycles. The van der Waals surface area contributed by atoms with Crippen LogP contribution < -0.4 is 20.1 Å². The second-order valence-corrected chi connectivity index (χ2v) is 6.49. The van der Waals surface area contributed by atoms with Crippen molar-refractivity contribution in [2.24, 2.45) is 10.9 Å². The van der Waals surface area contributed by atoms with Crippen LogP contribution in [0.15, 0.2) is 23.2 Å². The van der Waals surface area contributed by atoms with Gasteiger partial charge in [0.2, 0.25) is 0 Å². The van der Waals surface area contributed by atoms with Crippen LogP contribution >= 0.6 is 0 Å². The number of nitrogens with zero attached hydrogens (tertiary/aromatic N) is 1. The molecule has 1 fully saturated rings. The van der Waals surface area contributed by atoms with Gasteiger partial charge in [0.15, 0.2) is 17.5 Å². The Morgan fingerprint density at radius 3 is 2.46 bits per heavy atom. The van der Waals surface area contributed by atoms with E-state index < -0.39 is 0 Å². The van der Waals surface area contributed by atoms with Crippen LogP contribution in [-0.4, -0.2) is 32.8 Å². The molecule has 0 unspecified atom stereocenters. The highest BCUT2D eigenvalue weighted by Gasteiger charge is 2.18. The normalized spacial score (nSPS) is 21.2. The van der Waals surface area contributed by atoms with E-state index in [1.807, 2.05) is 18.2 Å². The monoisotopic (exact) mass is 333 g/mol. The van der Waals surface area contributed by atoms with Crippen LogP contribution in [-0.2, 0) is 6.54 Å². The van der Waals surface area contributed by atoms with Crippen molar-refractivity contribution in [3.8, 4) is 11.5 Å². The first-order valence-corrected chi connectivity index (χ1v) is 8.92. The number of ether oxygens (including phenoxy) is 2. The summed E-state index contributed by atoms with van der Waals surface area (Å²) < 4.78 is 10.6. The molecule has 1 saturated carbocycles. The Bertz CT molecular complexity index is 537. The van der Waals surface area contributed by atoms with Gasteiger partial charge >= 0.3 is 0 Å². The second kappa shape index (κ2) is 9.40. The van der Waals surface area contributed by atoms with Gasteiger partial charge in [0.05, 0.1) is 20.8 Å². The van der Waals surface area contributed by atoms with E-state index >= 15 is 0 Å². The molecule has 24 heavy (non-hydrogen) atoms. The molecule has 0 saturated heterocycles. The number of aliphatic imine (C=N–C) groups is 1. The summed E-state index contributed by atoms with van der Waals surface area (Å²) in [6.45, 7) is 5.91. The van der Waals surface area contributed by atoms with E-state index in [0.717, 1.165) is 35.5 Å². The number of hydrogen-bond donors (Lipinski definition) is 2. The molecule has 0 radical (unpaired) electrons. The molecule has 1 aromatic rings.